The molecule has 0 aliphatic carbocycles. The summed E-state index contributed by atoms with van der Waals surface area (Å²) in [6.45, 7) is 0. The fourth-order valence-electron chi connectivity index (χ4n) is 0.919. The monoisotopic (exact) mass is 336 g/mol. The Hall–Kier alpha value is -0.170. The number of halogens is 5. The van der Waals surface area contributed by atoms with Gasteiger partial charge in [0.1, 0.15) is 5.75 Å². The van der Waals surface area contributed by atoms with Crippen molar-refractivity contribution in [3.8, 4) is 5.75 Å². The molecule has 0 aliphatic heterocycles. The average Bonchev–Trinajstić information content (AvgIpc) is 2.07. The van der Waals surface area contributed by atoms with Crippen LogP contribution in [-0.4, -0.2) is 7.11 Å². The highest BCUT2D eigenvalue weighted by atomic mass is 127. The highest BCUT2D eigenvalue weighted by molar-refractivity contribution is 14.1. The van der Waals surface area contributed by atoms with Crippen molar-refractivity contribution in [2.24, 2.45) is 0 Å². The van der Waals surface area contributed by atoms with Crippen LogP contribution in [0, 0.1) is 3.57 Å². The molecule has 6 heteroatoms. The SMILES string of the molecule is COc1cc(I)c(Cl)cc1C(F)(F)F. The molecule has 0 heterocycles. The molecule has 1 aromatic rings. The van der Waals surface area contributed by atoms with E-state index in [9.17, 15) is 13.2 Å². The molecule has 0 saturated heterocycles. The summed E-state index contributed by atoms with van der Waals surface area (Å²) < 4.78 is 42.4. The Morgan fingerprint density at radius 2 is 1.93 bits per heavy atom. The van der Waals surface area contributed by atoms with Crippen molar-refractivity contribution in [3.05, 3.63) is 26.3 Å². The van der Waals surface area contributed by atoms with Crippen molar-refractivity contribution in [2.75, 3.05) is 7.11 Å². The summed E-state index contributed by atoms with van der Waals surface area (Å²) in [5.41, 5.74) is -0.856. The van der Waals surface area contributed by atoms with Crippen molar-refractivity contribution >= 4 is 34.2 Å². The van der Waals surface area contributed by atoms with Gasteiger partial charge in [0.2, 0.25) is 0 Å². The standard InChI is InChI=1S/C8H5ClF3IO/c1-14-7-3-6(13)5(9)2-4(7)8(10,11)12/h2-3H,1H3. The molecule has 14 heavy (non-hydrogen) atoms. The first-order valence-corrected chi connectivity index (χ1v) is 4.92. The maximum absolute atomic E-state index is 12.4. The fourth-order valence-corrected chi connectivity index (χ4v) is 1.52. The molecule has 0 bridgehead atoms. The molecule has 0 radical (unpaired) electrons. The summed E-state index contributed by atoms with van der Waals surface area (Å²) >= 11 is 7.42. The topological polar surface area (TPSA) is 9.23 Å². The van der Waals surface area contributed by atoms with Gasteiger partial charge < -0.3 is 4.74 Å². The molecule has 0 amide bonds. The predicted octanol–water partition coefficient (Wildman–Crippen LogP) is 3.97. The van der Waals surface area contributed by atoms with Crippen LogP contribution in [0.1, 0.15) is 5.56 Å². The normalized spacial score (nSPS) is 11.6. The van der Waals surface area contributed by atoms with Crippen LogP contribution in [0.15, 0.2) is 12.1 Å². The zero-order chi connectivity index (χ0) is 10.9. The molecule has 0 aliphatic rings. The highest BCUT2D eigenvalue weighted by Gasteiger charge is 2.34. The summed E-state index contributed by atoms with van der Waals surface area (Å²) in [5.74, 6) is -0.216. The minimum atomic E-state index is -4.45. The van der Waals surface area contributed by atoms with Crippen LogP contribution >= 0.6 is 34.2 Å². The lowest BCUT2D eigenvalue weighted by molar-refractivity contribution is -0.138. The van der Waals surface area contributed by atoms with Crippen LogP contribution in [0.3, 0.4) is 0 Å². The smallest absolute Gasteiger partial charge is 0.420 e. The van der Waals surface area contributed by atoms with E-state index in [0.717, 1.165) is 6.07 Å². The Labute approximate surface area is 97.3 Å². The average molecular weight is 336 g/mol. The van der Waals surface area contributed by atoms with E-state index >= 15 is 0 Å². The Morgan fingerprint density at radius 1 is 1.36 bits per heavy atom. The summed E-state index contributed by atoms with van der Waals surface area (Å²) in [7, 11) is 1.19. The third-order valence-electron chi connectivity index (χ3n) is 1.55. The van der Waals surface area contributed by atoms with Crippen molar-refractivity contribution in [1.82, 2.24) is 0 Å². The van der Waals surface area contributed by atoms with E-state index in [2.05, 4.69) is 4.74 Å². The maximum Gasteiger partial charge on any atom is 0.420 e. The van der Waals surface area contributed by atoms with Gasteiger partial charge in [-0.15, -0.1) is 0 Å². The predicted molar refractivity (Wildman–Crippen MR) is 55.7 cm³/mol. The summed E-state index contributed by atoms with van der Waals surface area (Å²) in [4.78, 5) is 0. The maximum atomic E-state index is 12.4. The third kappa shape index (κ3) is 2.44. The van der Waals surface area contributed by atoms with E-state index in [1.165, 1.54) is 13.2 Å². The van der Waals surface area contributed by atoms with E-state index in [1.54, 1.807) is 0 Å². The Balaban J connectivity index is 3.35. The second-order valence-corrected chi connectivity index (χ2v) is 4.03. The Kier molecular flexibility index (Phi) is 3.52. The molecule has 78 valence electrons. The van der Waals surface area contributed by atoms with Gasteiger partial charge >= 0.3 is 6.18 Å². The van der Waals surface area contributed by atoms with E-state index in [4.69, 9.17) is 11.6 Å². The Morgan fingerprint density at radius 3 is 2.36 bits per heavy atom. The number of hydrogen-bond acceptors (Lipinski definition) is 1. The first-order valence-electron chi connectivity index (χ1n) is 3.46. The molecule has 0 N–H and O–H groups in total. The molecular weight excluding hydrogens is 331 g/mol. The highest BCUT2D eigenvalue weighted by Crippen LogP contribution is 2.39. The van der Waals surface area contributed by atoms with Gasteiger partial charge in [-0.2, -0.15) is 13.2 Å². The minimum absolute atomic E-state index is 0.0683. The first-order chi connectivity index (χ1) is 6.36. The fraction of sp³-hybridized carbons (Fsp3) is 0.250. The number of rotatable bonds is 1. The lowest BCUT2D eigenvalue weighted by atomic mass is 10.2. The van der Waals surface area contributed by atoms with Crippen LogP contribution in [0.2, 0.25) is 5.02 Å². The summed E-state index contributed by atoms with van der Waals surface area (Å²) in [5, 5.41) is 0.0683. The number of alkyl halides is 3. The quantitative estimate of drug-likeness (QED) is 0.705. The van der Waals surface area contributed by atoms with Gasteiger partial charge in [0.15, 0.2) is 0 Å². The number of methoxy groups -OCH3 is 1. The van der Waals surface area contributed by atoms with E-state index in [-0.39, 0.29) is 10.8 Å². The minimum Gasteiger partial charge on any atom is -0.496 e. The molecule has 0 atom stereocenters. The van der Waals surface area contributed by atoms with Crippen molar-refractivity contribution in [2.45, 2.75) is 6.18 Å². The lowest BCUT2D eigenvalue weighted by Crippen LogP contribution is -2.07. The molecule has 0 aromatic heterocycles. The summed E-state index contributed by atoms with van der Waals surface area (Å²) in [6.07, 6.45) is -4.45. The van der Waals surface area contributed by atoms with E-state index in [1.807, 2.05) is 22.6 Å². The second-order valence-electron chi connectivity index (χ2n) is 2.46. The van der Waals surface area contributed by atoms with Gasteiger partial charge in [0.25, 0.3) is 0 Å². The third-order valence-corrected chi connectivity index (χ3v) is 3.07. The molecule has 0 spiro atoms. The molecule has 0 unspecified atom stereocenters. The molecule has 1 rings (SSSR count). The molecule has 1 aromatic carbocycles. The first kappa shape index (κ1) is 11.9. The Bertz CT molecular complexity index is 351. The van der Waals surface area contributed by atoms with Gasteiger partial charge in [-0.3, -0.25) is 0 Å². The molecule has 1 nitrogen and oxygen atoms in total. The van der Waals surface area contributed by atoms with Crippen molar-refractivity contribution < 1.29 is 17.9 Å². The largest absolute Gasteiger partial charge is 0.496 e. The van der Waals surface area contributed by atoms with Crippen LogP contribution in [-0.2, 0) is 6.18 Å². The van der Waals surface area contributed by atoms with Crippen molar-refractivity contribution in [1.29, 1.82) is 0 Å². The van der Waals surface area contributed by atoms with Gasteiger partial charge in [0, 0.05) is 3.57 Å². The van der Waals surface area contributed by atoms with Crippen LogP contribution in [0.25, 0.3) is 0 Å². The lowest BCUT2D eigenvalue weighted by Gasteiger charge is -2.12. The zero-order valence-electron chi connectivity index (χ0n) is 6.95. The van der Waals surface area contributed by atoms with Gasteiger partial charge in [-0.1, -0.05) is 11.6 Å². The van der Waals surface area contributed by atoms with Gasteiger partial charge in [-0.25, -0.2) is 0 Å². The molecular formula is C8H5ClF3IO. The molecule has 0 fully saturated rings. The van der Waals surface area contributed by atoms with E-state index < -0.39 is 11.7 Å². The van der Waals surface area contributed by atoms with E-state index in [0.29, 0.717) is 3.57 Å². The number of ether oxygens (including phenoxy) is 1. The van der Waals surface area contributed by atoms with Crippen LogP contribution in [0.5, 0.6) is 5.75 Å². The van der Waals surface area contributed by atoms with Gasteiger partial charge in [-0.05, 0) is 34.7 Å². The second kappa shape index (κ2) is 4.14. The number of hydrogen-bond donors (Lipinski definition) is 0. The zero-order valence-corrected chi connectivity index (χ0v) is 9.87. The molecule has 0 saturated carbocycles. The summed E-state index contributed by atoms with van der Waals surface area (Å²) in [6, 6.07) is 2.12. The van der Waals surface area contributed by atoms with Gasteiger partial charge in [0.05, 0.1) is 17.7 Å². The van der Waals surface area contributed by atoms with Crippen molar-refractivity contribution in [3.63, 3.8) is 0 Å². The van der Waals surface area contributed by atoms with Crippen LogP contribution < -0.4 is 4.74 Å². The van der Waals surface area contributed by atoms with Crippen LogP contribution in [0.4, 0.5) is 13.2 Å². The number of benzene rings is 1.